The largest absolute Gasteiger partial charge is 0.478 e. The van der Waals surface area contributed by atoms with E-state index in [1.807, 2.05) is 0 Å². The van der Waals surface area contributed by atoms with Crippen molar-refractivity contribution in [3.63, 3.8) is 0 Å². The van der Waals surface area contributed by atoms with E-state index in [1.54, 1.807) is 0 Å². The molecule has 2 atom stereocenters. The number of benzene rings is 1. The van der Waals surface area contributed by atoms with Crippen molar-refractivity contribution in [1.82, 2.24) is 10.6 Å². The Morgan fingerprint density at radius 1 is 1.35 bits per heavy atom. The number of hydrogen-bond donors (Lipinski definition) is 3. The van der Waals surface area contributed by atoms with Gasteiger partial charge in [0.05, 0.1) is 13.2 Å². The van der Waals surface area contributed by atoms with Crippen LogP contribution in [0.1, 0.15) is 12.8 Å². The number of aliphatic hydroxyl groups excluding tert-OH is 1. The number of amides is 3. The molecule has 1 fully saturated rings. The number of methoxy groups -OCH3 is 1. The Kier molecular flexibility index (Phi) is 6.82. The van der Waals surface area contributed by atoms with Gasteiger partial charge >= 0.3 is 0 Å². The van der Waals surface area contributed by atoms with Crippen LogP contribution in [-0.2, 0) is 19.1 Å². The number of rotatable bonds is 7. The van der Waals surface area contributed by atoms with Gasteiger partial charge in [-0.15, -0.1) is 0 Å². The first kappa shape index (κ1) is 20.4. The molecule has 8 nitrogen and oxygen atoms in total. The third-order valence-corrected chi connectivity index (χ3v) is 4.26. The van der Waals surface area contributed by atoms with Crippen molar-refractivity contribution in [2.75, 3.05) is 20.3 Å². The molecule has 0 radical (unpaired) electrons. The smallest absolute Gasteiger partial charge is 0.264 e. The van der Waals surface area contributed by atoms with Crippen LogP contribution in [0.15, 0.2) is 18.2 Å². The molecule has 1 aliphatic heterocycles. The summed E-state index contributed by atoms with van der Waals surface area (Å²) in [5.41, 5.74) is -1.60. The fraction of sp³-hybridized carbons (Fsp3) is 0.438. The lowest BCUT2D eigenvalue weighted by molar-refractivity contribution is -0.146. The fourth-order valence-electron chi connectivity index (χ4n) is 2.45. The summed E-state index contributed by atoms with van der Waals surface area (Å²) in [4.78, 5) is 36.0. The molecular weight excluding hydrogens is 387 g/mol. The quantitative estimate of drug-likeness (QED) is 0.575. The first-order valence-corrected chi connectivity index (χ1v) is 8.44. The molecule has 1 heterocycles. The Hall–Kier alpha value is -1.87. The zero-order valence-corrected chi connectivity index (χ0v) is 15.4. The maximum absolute atomic E-state index is 12.6. The molecule has 1 saturated heterocycles. The highest BCUT2D eigenvalue weighted by Crippen LogP contribution is 2.25. The van der Waals surface area contributed by atoms with E-state index >= 15 is 0 Å². The van der Waals surface area contributed by atoms with Crippen molar-refractivity contribution >= 4 is 40.9 Å². The average molecular weight is 405 g/mol. The van der Waals surface area contributed by atoms with Crippen molar-refractivity contribution in [1.29, 1.82) is 0 Å². The highest BCUT2D eigenvalue weighted by atomic mass is 35.5. The molecule has 10 heteroatoms. The van der Waals surface area contributed by atoms with Crippen LogP contribution in [0.4, 0.5) is 0 Å². The molecule has 0 aliphatic carbocycles. The zero-order chi connectivity index (χ0) is 19.3. The van der Waals surface area contributed by atoms with Crippen LogP contribution in [0.25, 0.3) is 0 Å². The summed E-state index contributed by atoms with van der Waals surface area (Å²) in [5.74, 6) is -1.69. The number of hydrogen-bond acceptors (Lipinski definition) is 6. The summed E-state index contributed by atoms with van der Waals surface area (Å²) in [6, 6.07) is 4.44. The number of ether oxygens (including phenoxy) is 2. The zero-order valence-electron chi connectivity index (χ0n) is 13.9. The standard InChI is InChI=1S/C16H18Cl2N2O6/c1-25-7-12(26-11-5-9(17)4-10(18)6-11)14(23)20-16(8-21)3-2-13(22)19-15(16)24/h4-6,12,21H,2-3,7-8H2,1H3,(H,20,23)(H,19,22,24). The van der Waals surface area contributed by atoms with Crippen LogP contribution >= 0.6 is 23.2 Å². The molecule has 142 valence electrons. The first-order chi connectivity index (χ1) is 12.3. The number of aliphatic hydroxyl groups is 1. The second-order valence-electron chi connectivity index (χ2n) is 5.77. The highest BCUT2D eigenvalue weighted by molar-refractivity contribution is 6.34. The van der Waals surface area contributed by atoms with Gasteiger partial charge in [-0.25, -0.2) is 0 Å². The molecule has 2 rings (SSSR count). The van der Waals surface area contributed by atoms with E-state index in [1.165, 1.54) is 25.3 Å². The number of nitrogens with one attached hydrogen (secondary N) is 2. The molecule has 1 aromatic rings. The van der Waals surface area contributed by atoms with Crippen molar-refractivity contribution in [3.8, 4) is 5.75 Å². The summed E-state index contributed by atoms with van der Waals surface area (Å²) in [6.07, 6.45) is -1.17. The van der Waals surface area contributed by atoms with Gasteiger partial charge in [-0.2, -0.15) is 0 Å². The minimum absolute atomic E-state index is 0.00766. The van der Waals surface area contributed by atoms with E-state index in [0.29, 0.717) is 10.0 Å². The third-order valence-electron chi connectivity index (χ3n) is 3.82. The fourth-order valence-corrected chi connectivity index (χ4v) is 2.96. The van der Waals surface area contributed by atoms with Gasteiger partial charge in [0.25, 0.3) is 11.8 Å². The number of carbonyl (C=O) groups excluding carboxylic acids is 3. The second-order valence-corrected chi connectivity index (χ2v) is 6.65. The Balaban J connectivity index is 2.16. The van der Waals surface area contributed by atoms with Gasteiger partial charge in [0.2, 0.25) is 5.91 Å². The molecule has 0 spiro atoms. The van der Waals surface area contributed by atoms with Crippen molar-refractivity contribution in [2.24, 2.45) is 0 Å². The summed E-state index contributed by atoms with van der Waals surface area (Å²) >= 11 is 11.8. The van der Waals surface area contributed by atoms with Gasteiger partial charge in [-0.05, 0) is 24.6 Å². The summed E-state index contributed by atoms with van der Waals surface area (Å²) < 4.78 is 10.6. The molecule has 0 aromatic heterocycles. The van der Waals surface area contributed by atoms with E-state index in [4.69, 9.17) is 32.7 Å². The van der Waals surface area contributed by atoms with Crippen LogP contribution in [0, 0.1) is 0 Å². The van der Waals surface area contributed by atoms with E-state index in [0.717, 1.165) is 0 Å². The number of carbonyl (C=O) groups is 3. The lowest BCUT2D eigenvalue weighted by atomic mass is 9.89. The predicted octanol–water partition coefficient (Wildman–Crippen LogP) is 0.671. The Morgan fingerprint density at radius 2 is 2.00 bits per heavy atom. The first-order valence-electron chi connectivity index (χ1n) is 7.68. The molecule has 3 amide bonds. The van der Waals surface area contributed by atoms with Gasteiger partial charge in [0.15, 0.2) is 6.10 Å². The summed E-state index contributed by atoms with van der Waals surface area (Å²) in [7, 11) is 1.38. The minimum atomic E-state index is -1.60. The second kappa shape index (κ2) is 8.68. The van der Waals surface area contributed by atoms with Crippen LogP contribution in [0.5, 0.6) is 5.75 Å². The Bertz CT molecular complexity index is 694. The Morgan fingerprint density at radius 3 is 2.54 bits per heavy atom. The van der Waals surface area contributed by atoms with Crippen molar-refractivity contribution in [2.45, 2.75) is 24.5 Å². The normalized spacial score (nSPS) is 21.1. The molecular formula is C16H18Cl2N2O6. The van der Waals surface area contributed by atoms with Gasteiger partial charge in [-0.3, -0.25) is 19.7 Å². The molecule has 0 bridgehead atoms. The Labute approximate surface area is 159 Å². The predicted molar refractivity (Wildman–Crippen MR) is 93.1 cm³/mol. The maximum atomic E-state index is 12.6. The van der Waals surface area contributed by atoms with Gasteiger partial charge < -0.3 is 19.9 Å². The molecule has 1 aromatic carbocycles. The molecule has 2 unspecified atom stereocenters. The van der Waals surface area contributed by atoms with Gasteiger partial charge in [0.1, 0.15) is 11.3 Å². The molecule has 26 heavy (non-hydrogen) atoms. The van der Waals surface area contributed by atoms with E-state index in [9.17, 15) is 19.5 Å². The summed E-state index contributed by atoms with van der Waals surface area (Å²) in [6.45, 7) is -0.793. The number of piperidine rings is 1. The molecule has 0 saturated carbocycles. The monoisotopic (exact) mass is 404 g/mol. The van der Waals surface area contributed by atoms with Crippen molar-refractivity contribution < 1.29 is 29.0 Å². The molecule has 1 aliphatic rings. The lowest BCUT2D eigenvalue weighted by Gasteiger charge is -2.35. The number of halogens is 2. The SMILES string of the molecule is COCC(Oc1cc(Cl)cc(Cl)c1)C(=O)NC1(CO)CCC(=O)NC1=O. The van der Waals surface area contributed by atoms with Crippen molar-refractivity contribution in [3.05, 3.63) is 28.2 Å². The van der Waals surface area contributed by atoms with Crippen LogP contribution in [-0.4, -0.2) is 54.8 Å². The maximum Gasteiger partial charge on any atom is 0.264 e. The van der Waals surface area contributed by atoms with Crippen LogP contribution in [0.3, 0.4) is 0 Å². The van der Waals surface area contributed by atoms with Gasteiger partial charge in [-0.1, -0.05) is 23.2 Å². The average Bonchev–Trinajstić information content (AvgIpc) is 2.56. The van der Waals surface area contributed by atoms with Crippen LogP contribution in [0.2, 0.25) is 10.0 Å². The lowest BCUT2D eigenvalue weighted by Crippen LogP contribution is -2.66. The highest BCUT2D eigenvalue weighted by Gasteiger charge is 2.44. The van der Waals surface area contributed by atoms with Crippen LogP contribution < -0.4 is 15.4 Å². The molecule has 3 N–H and O–H groups in total. The van der Waals surface area contributed by atoms with E-state index in [-0.39, 0.29) is 25.2 Å². The van der Waals surface area contributed by atoms with E-state index in [2.05, 4.69) is 10.6 Å². The third kappa shape index (κ3) is 4.85. The minimum Gasteiger partial charge on any atom is -0.478 e. The topological polar surface area (TPSA) is 114 Å². The summed E-state index contributed by atoms with van der Waals surface area (Å²) in [5, 5.41) is 14.8. The number of imide groups is 1. The van der Waals surface area contributed by atoms with E-state index < -0.39 is 36.0 Å². The van der Waals surface area contributed by atoms with Gasteiger partial charge in [0, 0.05) is 23.6 Å².